The van der Waals surface area contributed by atoms with E-state index in [9.17, 15) is 30.4 Å². The number of anilines is 1. The summed E-state index contributed by atoms with van der Waals surface area (Å²) in [6.45, 7) is 0. The Morgan fingerprint density at radius 3 is 2.23 bits per heavy atom. The molecule has 0 aliphatic heterocycles. The molecule has 0 unspecified atom stereocenters. The lowest BCUT2D eigenvalue weighted by Gasteiger charge is -2.14. The topological polar surface area (TPSA) is 46.2 Å². The molecule has 22 heavy (non-hydrogen) atoms. The second-order valence-corrected chi connectivity index (χ2v) is 5.87. The summed E-state index contributed by atoms with van der Waals surface area (Å²) in [5.74, 6) is -2.06. The SMILES string of the molecule is O=S(=O)(Nc1cc(F)ccc1F)c1ccccc1C(F)(F)F. The van der Waals surface area contributed by atoms with Gasteiger partial charge in [0.1, 0.15) is 11.6 Å². The Hall–Kier alpha value is -2.16. The summed E-state index contributed by atoms with van der Waals surface area (Å²) in [5, 5.41) is 0. The Balaban J connectivity index is 2.51. The second-order valence-electron chi connectivity index (χ2n) is 4.22. The zero-order chi connectivity index (χ0) is 16.5. The molecule has 0 radical (unpaired) electrons. The van der Waals surface area contributed by atoms with Gasteiger partial charge in [0, 0.05) is 6.07 Å². The summed E-state index contributed by atoms with van der Waals surface area (Å²) in [4.78, 5) is -1.08. The molecule has 0 amide bonds. The van der Waals surface area contributed by atoms with E-state index in [0.717, 1.165) is 24.3 Å². The molecular weight excluding hydrogens is 329 g/mol. The molecule has 1 N–H and O–H groups in total. The largest absolute Gasteiger partial charge is 0.417 e. The first-order valence-corrected chi connectivity index (χ1v) is 7.24. The molecule has 0 spiro atoms. The highest BCUT2D eigenvalue weighted by Gasteiger charge is 2.37. The number of benzene rings is 2. The fourth-order valence-corrected chi connectivity index (χ4v) is 3.00. The molecule has 2 rings (SSSR count). The number of rotatable bonds is 3. The van der Waals surface area contributed by atoms with Crippen molar-refractivity contribution in [1.29, 1.82) is 0 Å². The molecule has 9 heteroatoms. The number of alkyl halides is 3. The van der Waals surface area contributed by atoms with Crippen molar-refractivity contribution in [2.75, 3.05) is 4.72 Å². The molecule has 2 aromatic carbocycles. The van der Waals surface area contributed by atoms with Gasteiger partial charge in [0.05, 0.1) is 16.1 Å². The van der Waals surface area contributed by atoms with Gasteiger partial charge >= 0.3 is 6.18 Å². The van der Waals surface area contributed by atoms with Crippen LogP contribution in [-0.4, -0.2) is 8.42 Å². The van der Waals surface area contributed by atoms with Gasteiger partial charge in [0.2, 0.25) is 0 Å². The number of hydrogen-bond acceptors (Lipinski definition) is 2. The van der Waals surface area contributed by atoms with Crippen molar-refractivity contribution in [3.8, 4) is 0 Å². The quantitative estimate of drug-likeness (QED) is 0.867. The van der Waals surface area contributed by atoms with Crippen LogP contribution in [0.4, 0.5) is 27.6 Å². The Morgan fingerprint density at radius 1 is 0.955 bits per heavy atom. The smallest absolute Gasteiger partial charge is 0.277 e. The number of halogens is 5. The van der Waals surface area contributed by atoms with Gasteiger partial charge in [-0.15, -0.1) is 0 Å². The van der Waals surface area contributed by atoms with E-state index in [4.69, 9.17) is 0 Å². The second kappa shape index (κ2) is 5.56. The van der Waals surface area contributed by atoms with Crippen LogP contribution >= 0.6 is 0 Å². The highest BCUT2D eigenvalue weighted by molar-refractivity contribution is 7.92. The first-order valence-electron chi connectivity index (χ1n) is 5.75. The van der Waals surface area contributed by atoms with Gasteiger partial charge in [-0.05, 0) is 24.3 Å². The molecule has 0 saturated heterocycles. The van der Waals surface area contributed by atoms with Crippen LogP contribution in [0.1, 0.15) is 5.56 Å². The van der Waals surface area contributed by atoms with Gasteiger partial charge in [-0.3, -0.25) is 4.72 Å². The Morgan fingerprint density at radius 2 is 1.59 bits per heavy atom. The van der Waals surface area contributed by atoms with Crippen LogP contribution in [0, 0.1) is 11.6 Å². The molecule has 0 saturated carbocycles. The first kappa shape index (κ1) is 16.2. The van der Waals surface area contributed by atoms with Crippen molar-refractivity contribution in [1.82, 2.24) is 0 Å². The standard InChI is InChI=1S/C13H8F5NO2S/c14-8-5-6-10(15)11(7-8)19-22(20,21)12-4-2-1-3-9(12)13(16,17)18/h1-7,19H. The maximum Gasteiger partial charge on any atom is 0.417 e. The average Bonchev–Trinajstić information content (AvgIpc) is 2.42. The van der Waals surface area contributed by atoms with Crippen molar-refractivity contribution in [3.05, 3.63) is 59.7 Å². The molecule has 0 aromatic heterocycles. The molecule has 0 bridgehead atoms. The van der Waals surface area contributed by atoms with Crippen LogP contribution in [0.5, 0.6) is 0 Å². The highest BCUT2D eigenvalue weighted by Crippen LogP contribution is 2.34. The normalized spacial score (nSPS) is 12.2. The van der Waals surface area contributed by atoms with Gasteiger partial charge in [0.15, 0.2) is 0 Å². The third-order valence-electron chi connectivity index (χ3n) is 2.65. The van der Waals surface area contributed by atoms with Gasteiger partial charge in [0.25, 0.3) is 10.0 Å². The molecule has 0 fully saturated rings. The summed E-state index contributed by atoms with van der Waals surface area (Å²) in [7, 11) is -4.74. The lowest BCUT2D eigenvalue weighted by molar-refractivity contribution is -0.139. The highest BCUT2D eigenvalue weighted by atomic mass is 32.2. The molecule has 0 aliphatic rings. The number of hydrogen-bond donors (Lipinski definition) is 1. The minimum atomic E-state index is -4.91. The fourth-order valence-electron chi connectivity index (χ4n) is 1.71. The van der Waals surface area contributed by atoms with Crippen LogP contribution in [0.2, 0.25) is 0 Å². The van der Waals surface area contributed by atoms with Crippen LogP contribution in [0.3, 0.4) is 0 Å². The van der Waals surface area contributed by atoms with Crippen LogP contribution in [0.25, 0.3) is 0 Å². The number of nitrogens with one attached hydrogen (secondary N) is 1. The van der Waals surface area contributed by atoms with Crippen molar-refractivity contribution < 1.29 is 30.4 Å². The van der Waals surface area contributed by atoms with Gasteiger partial charge in [-0.2, -0.15) is 13.2 Å². The molecule has 0 atom stereocenters. The molecule has 0 aliphatic carbocycles. The summed E-state index contributed by atoms with van der Waals surface area (Å²) in [6, 6.07) is 5.35. The monoisotopic (exact) mass is 337 g/mol. The maximum absolute atomic E-state index is 13.4. The van der Waals surface area contributed by atoms with Gasteiger partial charge < -0.3 is 0 Å². The maximum atomic E-state index is 13.4. The fraction of sp³-hybridized carbons (Fsp3) is 0.0769. The third-order valence-corrected chi connectivity index (χ3v) is 4.08. The lowest BCUT2D eigenvalue weighted by Crippen LogP contribution is -2.19. The minimum absolute atomic E-state index is 0.531. The predicted octanol–water partition coefficient (Wildman–Crippen LogP) is 3.78. The van der Waals surface area contributed by atoms with Gasteiger partial charge in [-0.1, -0.05) is 12.1 Å². The zero-order valence-corrected chi connectivity index (χ0v) is 11.5. The van der Waals surface area contributed by atoms with Crippen molar-refractivity contribution in [3.63, 3.8) is 0 Å². The summed E-state index contributed by atoms with van der Waals surface area (Å²) < 4.78 is 90.6. The Labute approximate surface area is 122 Å². The van der Waals surface area contributed by atoms with Crippen molar-refractivity contribution in [2.24, 2.45) is 0 Å². The van der Waals surface area contributed by atoms with E-state index in [0.29, 0.717) is 18.2 Å². The zero-order valence-electron chi connectivity index (χ0n) is 10.7. The van der Waals surface area contributed by atoms with E-state index < -0.39 is 44.0 Å². The lowest BCUT2D eigenvalue weighted by atomic mass is 10.2. The third kappa shape index (κ3) is 3.35. The average molecular weight is 337 g/mol. The van der Waals surface area contributed by atoms with Crippen LogP contribution in [-0.2, 0) is 16.2 Å². The van der Waals surface area contributed by atoms with E-state index in [2.05, 4.69) is 0 Å². The first-order chi connectivity index (χ1) is 10.1. The molecule has 2 aromatic rings. The van der Waals surface area contributed by atoms with E-state index in [1.807, 2.05) is 0 Å². The van der Waals surface area contributed by atoms with Crippen LogP contribution in [0.15, 0.2) is 47.4 Å². The Bertz CT molecular complexity index is 802. The van der Waals surface area contributed by atoms with Crippen molar-refractivity contribution >= 4 is 15.7 Å². The molecule has 3 nitrogen and oxygen atoms in total. The van der Waals surface area contributed by atoms with Crippen molar-refractivity contribution in [2.45, 2.75) is 11.1 Å². The summed E-state index contributed by atoms with van der Waals surface area (Å²) in [5.41, 5.74) is -2.18. The van der Waals surface area contributed by atoms with E-state index in [1.54, 1.807) is 4.72 Å². The Kier molecular flexibility index (Phi) is 4.10. The predicted molar refractivity (Wildman–Crippen MR) is 68.6 cm³/mol. The molecule has 118 valence electrons. The van der Waals surface area contributed by atoms with E-state index in [-0.39, 0.29) is 0 Å². The van der Waals surface area contributed by atoms with E-state index >= 15 is 0 Å². The van der Waals surface area contributed by atoms with Gasteiger partial charge in [-0.25, -0.2) is 17.2 Å². The van der Waals surface area contributed by atoms with Crippen LogP contribution < -0.4 is 4.72 Å². The number of sulfonamides is 1. The minimum Gasteiger partial charge on any atom is -0.277 e. The summed E-state index contributed by atoms with van der Waals surface area (Å²) in [6.07, 6.45) is -4.91. The molecular formula is C13H8F5NO2S. The summed E-state index contributed by atoms with van der Waals surface area (Å²) >= 11 is 0. The van der Waals surface area contributed by atoms with E-state index in [1.165, 1.54) is 0 Å². The molecule has 0 heterocycles.